The fourth-order valence-corrected chi connectivity index (χ4v) is 2.95. The maximum atomic E-state index is 11.4. The van der Waals surface area contributed by atoms with E-state index >= 15 is 0 Å². The van der Waals surface area contributed by atoms with Gasteiger partial charge in [0.15, 0.2) is 0 Å². The zero-order valence-electron chi connectivity index (χ0n) is 13.7. The average molecular weight is 312 g/mol. The Morgan fingerprint density at radius 1 is 0.864 bits per heavy atom. The number of carboxylic acids is 1. The van der Waals surface area contributed by atoms with Gasteiger partial charge in [-0.25, -0.2) is 0 Å². The third-order valence-electron chi connectivity index (χ3n) is 4.28. The van der Waals surface area contributed by atoms with E-state index in [0.717, 1.165) is 13.0 Å². The summed E-state index contributed by atoms with van der Waals surface area (Å²) >= 11 is 0. The maximum Gasteiger partial charge on any atom is 0.303 e. The van der Waals surface area contributed by atoms with Crippen LogP contribution in [0.15, 0.2) is 0 Å². The average Bonchev–Trinajstić information content (AvgIpc) is 2.51. The fourth-order valence-electron chi connectivity index (χ4n) is 2.95. The SMILES string of the molecule is O=C(O)CCC(=O)NCCCNC1CCCCCCCCC1. The van der Waals surface area contributed by atoms with E-state index in [-0.39, 0.29) is 18.7 Å². The molecule has 1 aliphatic carbocycles. The van der Waals surface area contributed by atoms with Crippen LogP contribution in [0.25, 0.3) is 0 Å². The zero-order chi connectivity index (χ0) is 16.0. The molecule has 0 aromatic heterocycles. The second kappa shape index (κ2) is 12.4. The van der Waals surface area contributed by atoms with Crippen molar-refractivity contribution in [3.8, 4) is 0 Å². The van der Waals surface area contributed by atoms with Crippen molar-refractivity contribution in [2.24, 2.45) is 0 Å². The molecule has 0 heterocycles. The van der Waals surface area contributed by atoms with Crippen molar-refractivity contribution in [2.45, 2.75) is 83.1 Å². The Balaban J connectivity index is 2.03. The van der Waals surface area contributed by atoms with E-state index in [2.05, 4.69) is 10.6 Å². The first-order valence-corrected chi connectivity index (χ1v) is 8.90. The summed E-state index contributed by atoms with van der Waals surface area (Å²) in [6.45, 7) is 1.54. The molecule has 3 N–H and O–H groups in total. The minimum absolute atomic E-state index is 0.0748. The minimum Gasteiger partial charge on any atom is -0.481 e. The smallest absolute Gasteiger partial charge is 0.303 e. The van der Waals surface area contributed by atoms with Crippen molar-refractivity contribution < 1.29 is 14.7 Å². The van der Waals surface area contributed by atoms with Crippen molar-refractivity contribution in [3.05, 3.63) is 0 Å². The second-order valence-corrected chi connectivity index (χ2v) is 6.30. The van der Waals surface area contributed by atoms with Crippen LogP contribution < -0.4 is 10.6 Å². The summed E-state index contributed by atoms with van der Waals surface area (Å²) in [6.07, 6.45) is 13.0. The summed E-state index contributed by atoms with van der Waals surface area (Å²) in [7, 11) is 0. The van der Waals surface area contributed by atoms with Gasteiger partial charge in [0, 0.05) is 19.0 Å². The Bertz CT molecular complexity index is 311. The van der Waals surface area contributed by atoms with E-state index < -0.39 is 5.97 Å². The molecular formula is C17H32N2O3. The number of carbonyl (C=O) groups is 2. The number of nitrogens with one attached hydrogen (secondary N) is 2. The van der Waals surface area contributed by atoms with Crippen LogP contribution >= 0.6 is 0 Å². The van der Waals surface area contributed by atoms with Gasteiger partial charge in [0.2, 0.25) is 5.91 Å². The van der Waals surface area contributed by atoms with Crippen LogP contribution in [0.4, 0.5) is 0 Å². The number of hydrogen-bond acceptors (Lipinski definition) is 3. The number of aliphatic carboxylic acids is 1. The third-order valence-corrected chi connectivity index (χ3v) is 4.28. The van der Waals surface area contributed by atoms with Gasteiger partial charge in [-0.05, 0) is 25.8 Å². The van der Waals surface area contributed by atoms with Gasteiger partial charge in [-0.2, -0.15) is 0 Å². The third kappa shape index (κ3) is 10.6. The summed E-state index contributed by atoms with van der Waals surface area (Å²) in [4.78, 5) is 21.7. The lowest BCUT2D eigenvalue weighted by Crippen LogP contribution is -2.33. The Kier molecular flexibility index (Phi) is 10.7. The van der Waals surface area contributed by atoms with Crippen LogP contribution in [0.5, 0.6) is 0 Å². The Morgan fingerprint density at radius 3 is 2.05 bits per heavy atom. The normalized spacial score (nSPS) is 17.8. The molecule has 22 heavy (non-hydrogen) atoms. The summed E-state index contributed by atoms with van der Waals surface area (Å²) < 4.78 is 0. The monoisotopic (exact) mass is 312 g/mol. The summed E-state index contributed by atoms with van der Waals surface area (Å²) in [5.41, 5.74) is 0. The predicted octanol–water partition coefficient (Wildman–Crippen LogP) is 2.84. The molecule has 0 aromatic carbocycles. The second-order valence-electron chi connectivity index (χ2n) is 6.30. The van der Waals surface area contributed by atoms with Gasteiger partial charge in [0.25, 0.3) is 0 Å². The van der Waals surface area contributed by atoms with Gasteiger partial charge in [-0.15, -0.1) is 0 Å². The number of amides is 1. The molecule has 0 saturated heterocycles. The first kappa shape index (κ1) is 18.9. The van der Waals surface area contributed by atoms with Crippen molar-refractivity contribution in [2.75, 3.05) is 13.1 Å². The van der Waals surface area contributed by atoms with Gasteiger partial charge >= 0.3 is 5.97 Å². The number of carboxylic acid groups (broad SMARTS) is 1. The highest BCUT2D eigenvalue weighted by Gasteiger charge is 2.09. The van der Waals surface area contributed by atoms with E-state index in [9.17, 15) is 9.59 Å². The largest absolute Gasteiger partial charge is 0.481 e. The van der Waals surface area contributed by atoms with Crippen molar-refractivity contribution >= 4 is 11.9 Å². The topological polar surface area (TPSA) is 78.4 Å². The Labute approximate surface area is 134 Å². The quantitative estimate of drug-likeness (QED) is 0.602. The molecule has 1 amide bonds. The summed E-state index contributed by atoms with van der Waals surface area (Å²) in [5, 5.41) is 14.9. The highest BCUT2D eigenvalue weighted by atomic mass is 16.4. The summed E-state index contributed by atoms with van der Waals surface area (Å²) in [5.74, 6) is -1.09. The van der Waals surface area contributed by atoms with Gasteiger partial charge in [0.1, 0.15) is 0 Å². The van der Waals surface area contributed by atoms with Gasteiger partial charge < -0.3 is 15.7 Å². The maximum absolute atomic E-state index is 11.4. The molecule has 0 unspecified atom stereocenters. The highest BCUT2D eigenvalue weighted by Crippen LogP contribution is 2.16. The molecule has 0 radical (unpaired) electrons. The fraction of sp³-hybridized carbons (Fsp3) is 0.882. The lowest BCUT2D eigenvalue weighted by molar-refractivity contribution is -0.138. The van der Waals surface area contributed by atoms with E-state index in [4.69, 9.17) is 5.11 Å². The Morgan fingerprint density at radius 2 is 1.45 bits per heavy atom. The van der Waals surface area contributed by atoms with Crippen LogP contribution in [-0.4, -0.2) is 36.1 Å². The molecule has 0 atom stereocenters. The van der Waals surface area contributed by atoms with Crippen molar-refractivity contribution in [1.29, 1.82) is 0 Å². The number of carbonyl (C=O) groups excluding carboxylic acids is 1. The Hall–Kier alpha value is -1.10. The van der Waals surface area contributed by atoms with Gasteiger partial charge in [-0.3, -0.25) is 9.59 Å². The molecule has 1 fully saturated rings. The van der Waals surface area contributed by atoms with Crippen molar-refractivity contribution in [3.63, 3.8) is 0 Å². The van der Waals surface area contributed by atoms with E-state index in [1.807, 2.05) is 0 Å². The van der Waals surface area contributed by atoms with Crippen LogP contribution in [0.2, 0.25) is 0 Å². The number of rotatable bonds is 8. The van der Waals surface area contributed by atoms with E-state index in [1.165, 1.54) is 57.8 Å². The molecule has 5 nitrogen and oxygen atoms in total. The molecular weight excluding hydrogens is 280 g/mol. The van der Waals surface area contributed by atoms with Gasteiger partial charge in [-0.1, -0.05) is 44.9 Å². The van der Waals surface area contributed by atoms with Gasteiger partial charge in [0.05, 0.1) is 6.42 Å². The molecule has 0 bridgehead atoms. The summed E-state index contributed by atoms with van der Waals surface area (Å²) in [6, 6.07) is 0.626. The van der Waals surface area contributed by atoms with Crippen molar-refractivity contribution in [1.82, 2.24) is 10.6 Å². The first-order chi connectivity index (χ1) is 10.7. The molecule has 0 aliphatic heterocycles. The minimum atomic E-state index is -0.923. The van der Waals surface area contributed by atoms with Crippen LogP contribution in [0, 0.1) is 0 Å². The lowest BCUT2D eigenvalue weighted by atomic mass is 9.97. The number of hydrogen-bond donors (Lipinski definition) is 3. The van der Waals surface area contributed by atoms with Crippen LogP contribution in [-0.2, 0) is 9.59 Å². The van der Waals surface area contributed by atoms with E-state index in [1.54, 1.807) is 0 Å². The standard InChI is InChI=1S/C17H32N2O3/c20-16(11-12-17(21)22)19-14-8-13-18-15-9-6-4-2-1-3-5-7-10-15/h15,18H,1-14H2,(H,19,20)(H,21,22). The molecule has 0 spiro atoms. The van der Waals surface area contributed by atoms with Crippen LogP contribution in [0.1, 0.15) is 77.0 Å². The molecule has 0 aromatic rings. The molecule has 1 rings (SSSR count). The highest BCUT2D eigenvalue weighted by molar-refractivity contribution is 5.80. The lowest BCUT2D eigenvalue weighted by Gasteiger charge is -2.20. The van der Waals surface area contributed by atoms with Crippen LogP contribution in [0.3, 0.4) is 0 Å². The first-order valence-electron chi connectivity index (χ1n) is 8.90. The molecule has 128 valence electrons. The van der Waals surface area contributed by atoms with E-state index in [0.29, 0.717) is 12.6 Å². The predicted molar refractivity (Wildman–Crippen MR) is 87.8 cm³/mol. The molecule has 5 heteroatoms. The zero-order valence-corrected chi connectivity index (χ0v) is 13.7. The molecule has 1 aliphatic rings. The molecule has 1 saturated carbocycles.